The Kier molecular flexibility index (Phi) is 9.98. The number of nitrogens with one attached hydrogen (secondary N) is 1. The van der Waals surface area contributed by atoms with E-state index < -0.39 is 6.29 Å². The maximum atomic E-state index is 12.6. The molecule has 6 rings (SSSR count). The van der Waals surface area contributed by atoms with Crippen molar-refractivity contribution in [3.05, 3.63) is 125 Å². The molecule has 5 atom stereocenters. The molecule has 8 nitrogen and oxygen atoms in total. The number of aromatic nitrogens is 1. The van der Waals surface area contributed by atoms with Gasteiger partial charge in [0.15, 0.2) is 6.29 Å². The van der Waals surface area contributed by atoms with Crippen LogP contribution in [0.5, 0.6) is 0 Å². The third-order valence-electron chi connectivity index (χ3n) is 9.12. The van der Waals surface area contributed by atoms with Crippen LogP contribution in [0.25, 0.3) is 11.1 Å². The zero-order valence-corrected chi connectivity index (χ0v) is 25.6. The van der Waals surface area contributed by atoms with Crippen molar-refractivity contribution in [3.63, 3.8) is 0 Å². The minimum atomic E-state index is -0.563. The van der Waals surface area contributed by atoms with E-state index >= 15 is 0 Å². The summed E-state index contributed by atoms with van der Waals surface area (Å²) in [5, 5.41) is 22.5. The highest BCUT2D eigenvalue weighted by Gasteiger charge is 2.40. The number of carbonyl (C=O) groups is 1. The molecular weight excluding hydrogens is 566 g/mol. The van der Waals surface area contributed by atoms with E-state index in [1.807, 2.05) is 42.5 Å². The summed E-state index contributed by atoms with van der Waals surface area (Å²) in [7, 11) is 0. The van der Waals surface area contributed by atoms with E-state index in [0.717, 1.165) is 59.3 Å². The van der Waals surface area contributed by atoms with Crippen LogP contribution in [-0.2, 0) is 22.6 Å². The Hall–Kier alpha value is -3.92. The van der Waals surface area contributed by atoms with Gasteiger partial charge in [0.1, 0.15) is 0 Å². The number of likely N-dealkylation sites (tertiary alicyclic amines) is 1. The van der Waals surface area contributed by atoms with Crippen LogP contribution in [0.3, 0.4) is 0 Å². The quantitative estimate of drug-likeness (QED) is 0.221. The van der Waals surface area contributed by atoms with Gasteiger partial charge in [0.25, 0.3) is 5.91 Å². The predicted molar refractivity (Wildman–Crippen MR) is 172 cm³/mol. The van der Waals surface area contributed by atoms with Crippen molar-refractivity contribution in [2.75, 3.05) is 19.7 Å². The monoisotopic (exact) mass is 607 g/mol. The van der Waals surface area contributed by atoms with Gasteiger partial charge in [-0.1, -0.05) is 79.7 Å². The summed E-state index contributed by atoms with van der Waals surface area (Å²) in [5.74, 6) is -0.0855. The van der Waals surface area contributed by atoms with Gasteiger partial charge in [-0.25, -0.2) is 0 Å². The first-order valence-electron chi connectivity index (χ1n) is 15.8. The van der Waals surface area contributed by atoms with Gasteiger partial charge in [0.2, 0.25) is 0 Å². The molecule has 3 aromatic carbocycles. The van der Waals surface area contributed by atoms with Gasteiger partial charge in [-0.05, 0) is 59.3 Å². The van der Waals surface area contributed by atoms with Gasteiger partial charge < -0.3 is 25.0 Å². The fourth-order valence-corrected chi connectivity index (χ4v) is 6.45. The Bertz CT molecular complexity index is 1550. The molecule has 2 saturated heterocycles. The van der Waals surface area contributed by atoms with Gasteiger partial charge >= 0.3 is 0 Å². The van der Waals surface area contributed by atoms with Gasteiger partial charge in [-0.3, -0.25) is 14.7 Å². The third-order valence-corrected chi connectivity index (χ3v) is 9.12. The van der Waals surface area contributed by atoms with Crippen LogP contribution in [0.2, 0.25) is 0 Å². The molecule has 1 amide bonds. The fourth-order valence-electron chi connectivity index (χ4n) is 6.45. The van der Waals surface area contributed by atoms with Crippen molar-refractivity contribution in [2.45, 2.75) is 57.5 Å². The number of hydrogen-bond donors (Lipinski definition) is 3. The number of pyridine rings is 1. The number of rotatable bonds is 10. The van der Waals surface area contributed by atoms with Gasteiger partial charge in [-0.15, -0.1) is 0 Å². The first-order valence-corrected chi connectivity index (χ1v) is 15.8. The molecule has 0 spiro atoms. The predicted octanol–water partition coefficient (Wildman–Crippen LogP) is 5.42. The summed E-state index contributed by atoms with van der Waals surface area (Å²) >= 11 is 0. The minimum absolute atomic E-state index is 0.000416. The van der Waals surface area contributed by atoms with E-state index in [-0.39, 0.29) is 43.3 Å². The van der Waals surface area contributed by atoms with E-state index in [4.69, 9.17) is 9.47 Å². The normalized spacial score (nSPS) is 23.6. The van der Waals surface area contributed by atoms with Crippen molar-refractivity contribution in [1.82, 2.24) is 15.2 Å². The Balaban J connectivity index is 1.22. The van der Waals surface area contributed by atoms with Gasteiger partial charge in [0.05, 0.1) is 31.0 Å². The topological polar surface area (TPSA) is 104 Å². The maximum absolute atomic E-state index is 12.6. The minimum Gasteiger partial charge on any atom is -0.395 e. The number of ether oxygens (including phenoxy) is 2. The average Bonchev–Trinajstić information content (AvgIpc) is 3.56. The molecule has 0 aliphatic carbocycles. The molecular formula is C37H41N3O5. The third kappa shape index (κ3) is 7.16. The highest BCUT2D eigenvalue weighted by molar-refractivity contribution is 5.93. The second-order valence-corrected chi connectivity index (χ2v) is 12.0. The number of amides is 1. The van der Waals surface area contributed by atoms with E-state index in [1.54, 1.807) is 24.5 Å². The summed E-state index contributed by atoms with van der Waals surface area (Å²) < 4.78 is 13.3. The van der Waals surface area contributed by atoms with Crippen LogP contribution in [-0.4, -0.2) is 57.8 Å². The largest absolute Gasteiger partial charge is 0.395 e. The van der Waals surface area contributed by atoms with E-state index in [9.17, 15) is 15.0 Å². The van der Waals surface area contributed by atoms with Crippen LogP contribution < -0.4 is 5.32 Å². The lowest BCUT2D eigenvalue weighted by molar-refractivity contribution is -0.276. The van der Waals surface area contributed by atoms with Crippen LogP contribution in [0, 0.1) is 5.92 Å². The van der Waals surface area contributed by atoms with E-state index in [1.165, 1.54) is 0 Å². The molecule has 234 valence electrons. The number of benzene rings is 3. The highest BCUT2D eigenvalue weighted by Crippen LogP contribution is 2.42. The Morgan fingerprint density at radius 1 is 0.956 bits per heavy atom. The van der Waals surface area contributed by atoms with Crippen molar-refractivity contribution in [2.24, 2.45) is 5.92 Å². The zero-order valence-electron chi connectivity index (χ0n) is 25.6. The van der Waals surface area contributed by atoms with Gasteiger partial charge in [0, 0.05) is 43.0 Å². The van der Waals surface area contributed by atoms with Crippen molar-refractivity contribution < 1.29 is 24.5 Å². The van der Waals surface area contributed by atoms with Crippen LogP contribution in [0.1, 0.15) is 64.8 Å². The fraction of sp³-hybridized carbons (Fsp3) is 0.351. The SMILES string of the molecule is C[C@@H]1[C@H](CN2CCC[C@H]2CO)O[C@H](c2ccc(-c3ccccc3CNC(=O)c3cccnc3)cc2)O[C@@H]1c1ccc(CO)cc1. The molecule has 8 heteroatoms. The molecule has 3 N–H and O–H groups in total. The summed E-state index contributed by atoms with van der Waals surface area (Å²) in [6.07, 6.45) is 4.43. The number of aliphatic hydroxyl groups is 2. The zero-order chi connectivity index (χ0) is 31.2. The average molecular weight is 608 g/mol. The lowest BCUT2D eigenvalue weighted by Gasteiger charge is -2.43. The highest BCUT2D eigenvalue weighted by atomic mass is 16.7. The molecule has 2 aliphatic heterocycles. The lowest BCUT2D eigenvalue weighted by atomic mass is 9.89. The van der Waals surface area contributed by atoms with Crippen molar-refractivity contribution in [1.29, 1.82) is 0 Å². The van der Waals surface area contributed by atoms with Gasteiger partial charge in [-0.2, -0.15) is 0 Å². The maximum Gasteiger partial charge on any atom is 0.253 e. The first-order chi connectivity index (χ1) is 22.0. The van der Waals surface area contributed by atoms with Crippen molar-refractivity contribution >= 4 is 5.91 Å². The number of carbonyl (C=O) groups excluding carboxylic acids is 1. The second-order valence-electron chi connectivity index (χ2n) is 12.0. The summed E-state index contributed by atoms with van der Waals surface area (Å²) in [6.45, 7) is 4.40. The Morgan fingerprint density at radius 2 is 1.73 bits per heavy atom. The molecule has 4 aromatic rings. The number of nitrogens with zero attached hydrogens (tertiary/aromatic N) is 2. The number of hydrogen-bond acceptors (Lipinski definition) is 7. The van der Waals surface area contributed by atoms with Crippen molar-refractivity contribution in [3.8, 4) is 11.1 Å². The molecule has 0 radical (unpaired) electrons. The van der Waals surface area contributed by atoms with Crippen LogP contribution in [0.4, 0.5) is 0 Å². The summed E-state index contributed by atoms with van der Waals surface area (Å²) in [5.41, 5.74) is 6.45. The molecule has 1 aromatic heterocycles. The molecule has 0 bridgehead atoms. The molecule has 45 heavy (non-hydrogen) atoms. The summed E-state index contributed by atoms with van der Waals surface area (Å²) in [4.78, 5) is 19.0. The first kappa shape index (κ1) is 31.1. The second kappa shape index (κ2) is 14.5. The Morgan fingerprint density at radius 3 is 2.47 bits per heavy atom. The smallest absolute Gasteiger partial charge is 0.253 e. The molecule has 3 heterocycles. The van der Waals surface area contributed by atoms with Crippen LogP contribution >= 0.6 is 0 Å². The standard InChI is InChI=1S/C37H41N3O5/c1-25-34(22-40-19-5-8-32(40)24-42)44-37(45-35(25)28-12-10-26(23-41)11-13-28)29-16-14-27(15-17-29)33-9-3-2-6-30(33)21-39-36(43)31-7-4-18-38-20-31/h2-4,6-7,9-18,20,25,32,34-35,37,41-42H,5,8,19,21-24H2,1H3,(H,39,43)/t25-,32+,34+,35+,37+/m1/s1. The number of aliphatic hydroxyl groups excluding tert-OH is 2. The molecule has 2 fully saturated rings. The molecule has 2 aliphatic rings. The molecule has 0 unspecified atom stereocenters. The molecule has 0 saturated carbocycles. The lowest BCUT2D eigenvalue weighted by Crippen LogP contribution is -2.46. The van der Waals surface area contributed by atoms with E-state index in [0.29, 0.717) is 12.1 Å². The van der Waals surface area contributed by atoms with E-state index in [2.05, 4.69) is 52.5 Å². The summed E-state index contributed by atoms with van der Waals surface area (Å²) in [6, 6.07) is 27.9. The van der Waals surface area contributed by atoms with Crippen LogP contribution in [0.15, 0.2) is 97.3 Å². The Labute approximate surface area is 264 Å².